The van der Waals surface area contributed by atoms with E-state index >= 15 is 4.39 Å². The number of primary amides is 1. The summed E-state index contributed by atoms with van der Waals surface area (Å²) in [6.45, 7) is 4.15. The van der Waals surface area contributed by atoms with Crippen molar-refractivity contribution >= 4 is 23.3 Å². The summed E-state index contributed by atoms with van der Waals surface area (Å²) in [6.07, 6.45) is 6.09. The van der Waals surface area contributed by atoms with Gasteiger partial charge in [-0.1, -0.05) is 13.8 Å². The molecule has 0 spiro atoms. The number of aliphatic carboxylic acids is 1. The van der Waals surface area contributed by atoms with Crippen molar-refractivity contribution < 1.29 is 23.9 Å². The summed E-state index contributed by atoms with van der Waals surface area (Å²) in [7, 11) is 0. The van der Waals surface area contributed by atoms with Crippen molar-refractivity contribution in [2.75, 3.05) is 5.32 Å². The van der Waals surface area contributed by atoms with Crippen LogP contribution in [0.15, 0.2) is 12.1 Å². The van der Waals surface area contributed by atoms with Crippen LogP contribution < -0.4 is 11.1 Å². The Hall–Kier alpha value is -3.16. The molecule has 1 aromatic heterocycles. The van der Waals surface area contributed by atoms with Gasteiger partial charge in [0.15, 0.2) is 5.78 Å². The van der Waals surface area contributed by atoms with Gasteiger partial charge in [0, 0.05) is 29.4 Å². The molecule has 2 aromatic rings. The smallest absolute Gasteiger partial charge is 0.306 e. The summed E-state index contributed by atoms with van der Waals surface area (Å²) >= 11 is 0. The third-order valence-electron chi connectivity index (χ3n) is 7.90. The number of hydrogen-bond donors (Lipinski definition) is 3. The van der Waals surface area contributed by atoms with Gasteiger partial charge in [0.05, 0.1) is 22.9 Å². The number of carboxylic acid groups (broad SMARTS) is 1. The van der Waals surface area contributed by atoms with E-state index in [2.05, 4.69) is 19.2 Å². The standard InChI is InChI=1S/C27H32FN3O4/c1-27(2)12-21-23(22(32)13-27)17-4-3-5-20(17)31(21)16-10-18(28)24(25(29)33)19(11-16)30-15-8-6-14(7-9-15)26(34)35/h10-11,14-15,30H,3-9,12-13H2,1-2H3,(H2,29,33)(H,34,35)/t14-,15-. The number of carbonyl (C=O) groups is 3. The lowest BCUT2D eigenvalue weighted by Crippen LogP contribution is -2.30. The number of amides is 1. The van der Waals surface area contributed by atoms with Crippen LogP contribution in [0.25, 0.3) is 5.69 Å². The second-order valence-electron chi connectivity index (χ2n) is 11.1. The first-order valence-electron chi connectivity index (χ1n) is 12.5. The fourth-order valence-electron chi connectivity index (χ4n) is 6.33. The maximum atomic E-state index is 15.4. The Balaban J connectivity index is 1.58. The first-order valence-corrected chi connectivity index (χ1v) is 12.5. The molecule has 1 aromatic carbocycles. The van der Waals surface area contributed by atoms with Gasteiger partial charge >= 0.3 is 5.97 Å². The largest absolute Gasteiger partial charge is 0.481 e. The Morgan fingerprint density at radius 3 is 2.49 bits per heavy atom. The van der Waals surface area contributed by atoms with E-state index in [-0.39, 0.29) is 28.7 Å². The molecule has 4 N–H and O–H groups in total. The molecule has 1 fully saturated rings. The minimum absolute atomic E-state index is 0.0804. The zero-order valence-corrected chi connectivity index (χ0v) is 20.2. The van der Waals surface area contributed by atoms with Crippen LogP contribution in [0.4, 0.5) is 10.1 Å². The summed E-state index contributed by atoms with van der Waals surface area (Å²) in [4.78, 5) is 36.6. The molecule has 0 unspecified atom stereocenters. The van der Waals surface area contributed by atoms with Gasteiger partial charge in [-0.25, -0.2) is 4.39 Å². The number of hydrogen-bond acceptors (Lipinski definition) is 4. The zero-order chi connectivity index (χ0) is 25.1. The molecule has 1 saturated carbocycles. The molecule has 35 heavy (non-hydrogen) atoms. The third kappa shape index (κ3) is 4.13. The molecule has 8 heteroatoms. The molecule has 0 aliphatic heterocycles. The lowest BCUT2D eigenvalue weighted by atomic mass is 9.75. The van der Waals surface area contributed by atoms with Gasteiger partial charge in [-0.2, -0.15) is 0 Å². The maximum absolute atomic E-state index is 15.4. The summed E-state index contributed by atoms with van der Waals surface area (Å²) < 4.78 is 17.4. The van der Waals surface area contributed by atoms with Crippen molar-refractivity contribution in [1.82, 2.24) is 4.57 Å². The van der Waals surface area contributed by atoms with E-state index in [4.69, 9.17) is 5.73 Å². The van der Waals surface area contributed by atoms with Gasteiger partial charge in [-0.05, 0) is 74.5 Å². The second-order valence-corrected chi connectivity index (χ2v) is 11.1. The molecule has 3 aliphatic rings. The summed E-state index contributed by atoms with van der Waals surface area (Å²) in [5.41, 5.74) is 9.95. The van der Waals surface area contributed by atoms with Crippen LogP contribution in [-0.4, -0.2) is 33.4 Å². The molecule has 0 saturated heterocycles. The highest BCUT2D eigenvalue weighted by Crippen LogP contribution is 2.43. The monoisotopic (exact) mass is 481 g/mol. The van der Waals surface area contributed by atoms with Gasteiger partial charge in [0.25, 0.3) is 5.91 Å². The van der Waals surface area contributed by atoms with Crippen molar-refractivity contribution in [1.29, 1.82) is 0 Å². The second kappa shape index (κ2) is 8.50. The Labute approximate surface area is 203 Å². The van der Waals surface area contributed by atoms with Gasteiger partial charge in [-0.3, -0.25) is 14.4 Å². The molecule has 186 valence electrons. The Morgan fingerprint density at radius 1 is 1.11 bits per heavy atom. The first kappa shape index (κ1) is 23.6. The fraction of sp³-hybridized carbons (Fsp3) is 0.519. The number of Topliss-reactive ketones (excluding diaryl/α,β-unsaturated/α-hetero) is 1. The van der Waals surface area contributed by atoms with Crippen LogP contribution in [0.1, 0.15) is 90.0 Å². The van der Waals surface area contributed by atoms with E-state index in [1.54, 1.807) is 6.07 Å². The number of nitrogens with two attached hydrogens (primary N) is 1. The van der Waals surface area contributed by atoms with Crippen molar-refractivity contribution in [2.24, 2.45) is 17.1 Å². The molecule has 5 rings (SSSR count). The van der Waals surface area contributed by atoms with E-state index in [0.717, 1.165) is 41.8 Å². The number of nitrogens with one attached hydrogen (secondary N) is 1. The number of ketones is 1. The molecular formula is C27H32FN3O4. The van der Waals surface area contributed by atoms with Gasteiger partial charge in [0.2, 0.25) is 0 Å². The quantitative estimate of drug-likeness (QED) is 0.585. The van der Waals surface area contributed by atoms with Gasteiger partial charge in [0.1, 0.15) is 5.82 Å². The number of anilines is 1. The third-order valence-corrected chi connectivity index (χ3v) is 7.90. The first-order chi connectivity index (χ1) is 16.6. The molecule has 3 aliphatic carbocycles. The van der Waals surface area contributed by atoms with Crippen molar-refractivity contribution in [3.63, 3.8) is 0 Å². The number of halogens is 1. The molecule has 7 nitrogen and oxygen atoms in total. The average molecular weight is 482 g/mol. The molecule has 1 heterocycles. The number of benzene rings is 1. The zero-order valence-electron chi connectivity index (χ0n) is 20.2. The number of rotatable bonds is 5. The number of carbonyl (C=O) groups excluding carboxylic acids is 2. The van der Waals surface area contributed by atoms with E-state index < -0.39 is 17.7 Å². The Morgan fingerprint density at radius 2 is 1.83 bits per heavy atom. The molecule has 0 atom stereocenters. The maximum Gasteiger partial charge on any atom is 0.306 e. The van der Waals surface area contributed by atoms with Crippen LogP contribution in [0.3, 0.4) is 0 Å². The Bertz CT molecular complexity index is 1240. The van der Waals surface area contributed by atoms with Crippen molar-refractivity contribution in [3.8, 4) is 5.69 Å². The summed E-state index contributed by atoms with van der Waals surface area (Å²) in [6, 6.07) is 3.03. The Kier molecular flexibility index (Phi) is 5.73. The van der Waals surface area contributed by atoms with E-state index in [9.17, 15) is 19.5 Å². The number of carboxylic acids is 1. The van der Waals surface area contributed by atoms with Crippen LogP contribution in [0.2, 0.25) is 0 Å². The number of fused-ring (bicyclic) bond motifs is 3. The highest BCUT2D eigenvalue weighted by Gasteiger charge is 2.39. The SMILES string of the molecule is CC1(C)CC(=O)c2c3c(n(-c4cc(F)c(C(N)=O)c(N[C@H]5CC[C@H](C(=O)O)CC5)c4)c2C1)CCC3. The van der Waals surface area contributed by atoms with E-state index in [1.807, 2.05) is 4.57 Å². The molecular weight excluding hydrogens is 449 g/mol. The normalized spacial score (nSPS) is 23.0. The van der Waals surface area contributed by atoms with Gasteiger partial charge in [-0.15, -0.1) is 0 Å². The van der Waals surface area contributed by atoms with Gasteiger partial charge < -0.3 is 20.7 Å². The highest BCUT2D eigenvalue weighted by molar-refractivity contribution is 6.01. The van der Waals surface area contributed by atoms with Crippen molar-refractivity contribution in [2.45, 2.75) is 77.7 Å². The predicted octanol–water partition coefficient (Wildman–Crippen LogP) is 4.41. The number of aromatic nitrogens is 1. The van der Waals surface area contributed by atoms with Crippen LogP contribution in [0.5, 0.6) is 0 Å². The topological polar surface area (TPSA) is 114 Å². The summed E-state index contributed by atoms with van der Waals surface area (Å²) in [5, 5.41) is 12.6. The van der Waals surface area contributed by atoms with E-state index in [1.165, 1.54) is 6.07 Å². The predicted molar refractivity (Wildman–Crippen MR) is 130 cm³/mol. The minimum Gasteiger partial charge on any atom is -0.481 e. The molecule has 0 radical (unpaired) electrons. The number of nitrogens with zero attached hydrogens (tertiary/aromatic N) is 1. The highest BCUT2D eigenvalue weighted by atomic mass is 19.1. The average Bonchev–Trinajstić information content (AvgIpc) is 3.32. The molecule has 1 amide bonds. The minimum atomic E-state index is -0.855. The fourth-order valence-corrected chi connectivity index (χ4v) is 6.33. The van der Waals surface area contributed by atoms with Crippen LogP contribution in [0, 0.1) is 17.2 Å². The lowest BCUT2D eigenvalue weighted by Gasteiger charge is -2.31. The van der Waals surface area contributed by atoms with E-state index in [0.29, 0.717) is 49.9 Å². The van der Waals surface area contributed by atoms with Crippen LogP contribution in [-0.2, 0) is 24.1 Å². The lowest BCUT2D eigenvalue weighted by molar-refractivity contribution is -0.142. The van der Waals surface area contributed by atoms with Crippen LogP contribution >= 0.6 is 0 Å². The summed E-state index contributed by atoms with van der Waals surface area (Å²) in [5.74, 6) is -2.57. The molecule has 0 bridgehead atoms. The van der Waals surface area contributed by atoms with Crippen molar-refractivity contribution in [3.05, 3.63) is 46.0 Å².